The Morgan fingerprint density at radius 1 is 1.32 bits per heavy atom. The quantitative estimate of drug-likeness (QED) is 0.790. The highest BCUT2D eigenvalue weighted by Gasteiger charge is 2.30. The molecule has 1 aromatic carbocycles. The lowest BCUT2D eigenvalue weighted by Crippen LogP contribution is -2.12. The van der Waals surface area contributed by atoms with Crippen LogP contribution in [0.15, 0.2) is 18.2 Å². The van der Waals surface area contributed by atoms with Crippen LogP contribution in [0.2, 0.25) is 5.02 Å². The van der Waals surface area contributed by atoms with Crippen molar-refractivity contribution in [3.8, 4) is 5.75 Å². The lowest BCUT2D eigenvalue weighted by atomic mass is 10.1. The second-order valence-electron chi connectivity index (χ2n) is 6.03. The van der Waals surface area contributed by atoms with Crippen molar-refractivity contribution in [3.63, 3.8) is 0 Å². The molecule has 0 bridgehead atoms. The highest BCUT2D eigenvalue weighted by Crippen LogP contribution is 2.39. The smallest absolute Gasteiger partial charge is 0.358 e. The third kappa shape index (κ3) is 3.85. The van der Waals surface area contributed by atoms with Gasteiger partial charge in [0, 0.05) is 18.0 Å². The van der Waals surface area contributed by atoms with Gasteiger partial charge in [-0.3, -0.25) is 0 Å². The van der Waals surface area contributed by atoms with E-state index in [-0.39, 0.29) is 16.6 Å². The summed E-state index contributed by atoms with van der Waals surface area (Å²) in [5.41, 5.74) is 2.18. The van der Waals surface area contributed by atoms with Crippen molar-refractivity contribution < 1.29 is 14.3 Å². The van der Waals surface area contributed by atoms with Gasteiger partial charge in [-0.05, 0) is 31.4 Å². The summed E-state index contributed by atoms with van der Waals surface area (Å²) in [6.45, 7) is 2.47. The first-order chi connectivity index (χ1) is 12.0. The largest absolute Gasteiger partial charge is 0.496 e. The van der Waals surface area contributed by atoms with E-state index in [1.165, 1.54) is 7.11 Å². The van der Waals surface area contributed by atoms with Crippen LogP contribution in [-0.2, 0) is 11.3 Å². The Kier molecular flexibility index (Phi) is 5.08. The Balaban J connectivity index is 1.89. The standard InChI is InChI=1S/C18H20ClN3O3/c1-10-4-5-12(13(8-10)24-2)9-20-17-14(19)15(18(23)25-3)21-16(22-17)11-6-7-11/h4-5,8,11H,6-7,9H2,1-3H3,(H,20,21,22). The molecule has 1 heterocycles. The van der Waals surface area contributed by atoms with Crippen molar-refractivity contribution in [1.29, 1.82) is 0 Å². The minimum atomic E-state index is -0.565. The number of hydrogen-bond acceptors (Lipinski definition) is 6. The monoisotopic (exact) mass is 361 g/mol. The molecule has 0 radical (unpaired) electrons. The Labute approximate surface area is 151 Å². The van der Waals surface area contributed by atoms with E-state index in [1.54, 1.807) is 7.11 Å². The number of hydrogen-bond donors (Lipinski definition) is 1. The molecule has 0 saturated heterocycles. The number of ether oxygens (including phenoxy) is 2. The normalized spacial score (nSPS) is 13.4. The number of benzene rings is 1. The van der Waals surface area contributed by atoms with Gasteiger partial charge in [-0.2, -0.15) is 0 Å². The van der Waals surface area contributed by atoms with Gasteiger partial charge in [0.1, 0.15) is 22.4 Å². The van der Waals surface area contributed by atoms with Crippen LogP contribution >= 0.6 is 11.6 Å². The molecule has 1 saturated carbocycles. The molecule has 7 heteroatoms. The summed E-state index contributed by atoms with van der Waals surface area (Å²) in [6.07, 6.45) is 2.04. The number of nitrogens with zero attached hydrogens (tertiary/aromatic N) is 2. The molecule has 0 unspecified atom stereocenters. The number of aryl methyl sites for hydroxylation is 1. The Bertz CT molecular complexity index is 806. The maximum atomic E-state index is 11.9. The number of esters is 1. The van der Waals surface area contributed by atoms with Gasteiger partial charge in [0.25, 0.3) is 0 Å². The molecule has 3 rings (SSSR count). The number of halogens is 1. The number of rotatable bonds is 6. The maximum absolute atomic E-state index is 11.9. The molecule has 0 atom stereocenters. The Hall–Kier alpha value is -2.34. The number of carbonyl (C=O) groups is 1. The van der Waals surface area contributed by atoms with Crippen LogP contribution in [0.25, 0.3) is 0 Å². The average molecular weight is 362 g/mol. The fourth-order valence-electron chi connectivity index (χ4n) is 2.51. The van der Waals surface area contributed by atoms with E-state index in [2.05, 4.69) is 15.3 Å². The van der Waals surface area contributed by atoms with Gasteiger partial charge in [0.2, 0.25) is 0 Å². The third-order valence-corrected chi connectivity index (χ3v) is 4.44. The first-order valence-corrected chi connectivity index (χ1v) is 8.44. The second-order valence-corrected chi connectivity index (χ2v) is 6.41. The molecule has 1 N–H and O–H groups in total. The molecular weight excluding hydrogens is 342 g/mol. The summed E-state index contributed by atoms with van der Waals surface area (Å²) in [7, 11) is 2.94. The Morgan fingerprint density at radius 2 is 2.08 bits per heavy atom. The van der Waals surface area contributed by atoms with Gasteiger partial charge < -0.3 is 14.8 Å². The van der Waals surface area contributed by atoms with Gasteiger partial charge >= 0.3 is 5.97 Å². The number of aromatic nitrogens is 2. The molecule has 0 amide bonds. The van der Waals surface area contributed by atoms with Crippen LogP contribution in [0.3, 0.4) is 0 Å². The van der Waals surface area contributed by atoms with Crippen molar-refractivity contribution in [3.05, 3.63) is 45.9 Å². The van der Waals surface area contributed by atoms with Crippen molar-refractivity contribution >= 4 is 23.4 Å². The minimum Gasteiger partial charge on any atom is -0.496 e. The van der Waals surface area contributed by atoms with E-state index in [0.29, 0.717) is 18.2 Å². The molecule has 0 aliphatic heterocycles. The van der Waals surface area contributed by atoms with Gasteiger partial charge in [-0.25, -0.2) is 14.8 Å². The second kappa shape index (κ2) is 7.27. The van der Waals surface area contributed by atoms with Gasteiger partial charge in [0.15, 0.2) is 5.69 Å². The van der Waals surface area contributed by atoms with Gasteiger partial charge in [-0.15, -0.1) is 0 Å². The summed E-state index contributed by atoms with van der Waals surface area (Å²) in [5.74, 6) is 1.57. The number of methoxy groups -OCH3 is 2. The van der Waals surface area contributed by atoms with Crippen molar-refractivity contribution in [2.24, 2.45) is 0 Å². The van der Waals surface area contributed by atoms with Crippen LogP contribution in [0.5, 0.6) is 5.75 Å². The molecule has 1 aromatic heterocycles. The first-order valence-electron chi connectivity index (χ1n) is 8.06. The summed E-state index contributed by atoms with van der Waals surface area (Å²) in [6, 6.07) is 5.96. The Morgan fingerprint density at radius 3 is 2.72 bits per heavy atom. The minimum absolute atomic E-state index is 0.0967. The molecule has 0 spiro atoms. The summed E-state index contributed by atoms with van der Waals surface area (Å²) >= 11 is 6.33. The van der Waals surface area contributed by atoms with Crippen LogP contribution in [0.1, 0.15) is 46.2 Å². The van der Waals surface area contributed by atoms with Crippen molar-refractivity contribution in [1.82, 2.24) is 9.97 Å². The van der Waals surface area contributed by atoms with Gasteiger partial charge in [-0.1, -0.05) is 23.7 Å². The van der Waals surface area contributed by atoms with E-state index in [9.17, 15) is 4.79 Å². The van der Waals surface area contributed by atoms with E-state index in [1.807, 2.05) is 25.1 Å². The summed E-state index contributed by atoms with van der Waals surface area (Å²) in [5, 5.41) is 3.36. The van der Waals surface area contributed by atoms with Crippen molar-refractivity contribution in [2.75, 3.05) is 19.5 Å². The highest BCUT2D eigenvalue weighted by atomic mass is 35.5. The third-order valence-electron chi connectivity index (χ3n) is 4.08. The SMILES string of the molecule is COC(=O)c1nc(C2CC2)nc(NCc2ccc(C)cc2OC)c1Cl. The highest BCUT2D eigenvalue weighted by molar-refractivity contribution is 6.35. The molecule has 6 nitrogen and oxygen atoms in total. The number of nitrogens with one attached hydrogen (secondary N) is 1. The van der Waals surface area contributed by atoms with Crippen LogP contribution in [0, 0.1) is 6.92 Å². The molecule has 132 valence electrons. The van der Waals surface area contributed by atoms with E-state index < -0.39 is 5.97 Å². The van der Waals surface area contributed by atoms with Crippen LogP contribution in [-0.4, -0.2) is 30.2 Å². The summed E-state index contributed by atoms with van der Waals surface area (Å²) < 4.78 is 10.2. The fraction of sp³-hybridized carbons (Fsp3) is 0.389. The number of carbonyl (C=O) groups excluding carboxylic acids is 1. The maximum Gasteiger partial charge on any atom is 0.358 e. The zero-order valence-electron chi connectivity index (χ0n) is 14.4. The lowest BCUT2D eigenvalue weighted by Gasteiger charge is -2.14. The molecule has 1 aliphatic carbocycles. The topological polar surface area (TPSA) is 73.3 Å². The van der Waals surface area contributed by atoms with Crippen LogP contribution in [0.4, 0.5) is 5.82 Å². The lowest BCUT2D eigenvalue weighted by molar-refractivity contribution is 0.0593. The predicted molar refractivity (Wildman–Crippen MR) is 95.4 cm³/mol. The zero-order valence-corrected chi connectivity index (χ0v) is 15.2. The molecule has 1 fully saturated rings. The van der Waals surface area contributed by atoms with Gasteiger partial charge in [0.05, 0.1) is 14.2 Å². The first kappa shape index (κ1) is 17.5. The fourth-order valence-corrected chi connectivity index (χ4v) is 2.74. The zero-order chi connectivity index (χ0) is 18.0. The molecule has 2 aromatic rings. The molecule has 25 heavy (non-hydrogen) atoms. The van der Waals surface area contributed by atoms with Crippen molar-refractivity contribution in [2.45, 2.75) is 32.2 Å². The summed E-state index contributed by atoms with van der Waals surface area (Å²) in [4.78, 5) is 20.7. The average Bonchev–Trinajstić information content (AvgIpc) is 3.46. The van der Waals surface area contributed by atoms with E-state index >= 15 is 0 Å². The van der Waals surface area contributed by atoms with Crippen LogP contribution < -0.4 is 10.1 Å². The predicted octanol–water partition coefficient (Wildman–Crippen LogP) is 3.72. The van der Waals surface area contributed by atoms with E-state index in [0.717, 1.165) is 29.7 Å². The molecular formula is C18H20ClN3O3. The number of anilines is 1. The van der Waals surface area contributed by atoms with E-state index in [4.69, 9.17) is 21.1 Å². The molecule has 1 aliphatic rings.